The number of aromatic nitrogens is 2. The molecule has 0 aliphatic carbocycles. The summed E-state index contributed by atoms with van der Waals surface area (Å²) in [6.45, 7) is 0.281. The van der Waals surface area contributed by atoms with Crippen LogP contribution >= 0.6 is 15.9 Å². The number of nitrogens with one attached hydrogen (secondary N) is 2. The van der Waals surface area contributed by atoms with Gasteiger partial charge in [-0.15, -0.1) is 0 Å². The van der Waals surface area contributed by atoms with Gasteiger partial charge in [0, 0.05) is 17.7 Å². The van der Waals surface area contributed by atoms with Gasteiger partial charge in [0.1, 0.15) is 0 Å². The van der Waals surface area contributed by atoms with Crippen molar-refractivity contribution in [3.8, 4) is 0 Å². The van der Waals surface area contributed by atoms with E-state index >= 15 is 0 Å². The second-order valence-corrected chi connectivity index (χ2v) is 5.14. The monoisotopic (exact) mass is 352 g/mol. The summed E-state index contributed by atoms with van der Waals surface area (Å²) in [7, 11) is 1.79. The van der Waals surface area contributed by atoms with Crippen molar-refractivity contribution < 1.29 is 14.7 Å². The highest BCUT2D eigenvalue weighted by Gasteiger charge is 2.10. The minimum Gasteiger partial charge on any atom is -0.478 e. The summed E-state index contributed by atoms with van der Waals surface area (Å²) in [6, 6.07) is 5.75. The first-order chi connectivity index (χ1) is 9.95. The van der Waals surface area contributed by atoms with Gasteiger partial charge in [-0.3, -0.25) is 4.68 Å². The molecule has 0 aliphatic rings. The SMILES string of the molecule is Cn1ccc(CNC(=O)Nc2cc(C(=O)O)ccc2Br)n1. The highest BCUT2D eigenvalue weighted by atomic mass is 79.9. The maximum atomic E-state index is 11.8. The molecule has 0 saturated carbocycles. The molecule has 0 bridgehead atoms. The maximum absolute atomic E-state index is 11.8. The number of nitrogens with zero attached hydrogens (tertiary/aromatic N) is 2. The lowest BCUT2D eigenvalue weighted by molar-refractivity contribution is 0.0697. The zero-order chi connectivity index (χ0) is 15.4. The zero-order valence-electron chi connectivity index (χ0n) is 11.1. The second kappa shape index (κ2) is 6.40. The van der Waals surface area contributed by atoms with E-state index in [0.29, 0.717) is 10.2 Å². The van der Waals surface area contributed by atoms with Gasteiger partial charge in [-0.05, 0) is 40.2 Å². The fourth-order valence-electron chi connectivity index (χ4n) is 1.65. The molecule has 2 rings (SSSR count). The van der Waals surface area contributed by atoms with Crippen LogP contribution < -0.4 is 10.6 Å². The van der Waals surface area contributed by atoms with E-state index < -0.39 is 12.0 Å². The average molecular weight is 353 g/mol. The van der Waals surface area contributed by atoms with Crippen molar-refractivity contribution in [3.05, 3.63) is 46.2 Å². The highest BCUT2D eigenvalue weighted by molar-refractivity contribution is 9.10. The number of rotatable bonds is 4. The molecule has 8 heteroatoms. The van der Waals surface area contributed by atoms with E-state index in [1.54, 1.807) is 30.1 Å². The Kier molecular flexibility index (Phi) is 4.59. The normalized spacial score (nSPS) is 10.2. The van der Waals surface area contributed by atoms with Crippen LogP contribution in [0.3, 0.4) is 0 Å². The van der Waals surface area contributed by atoms with Gasteiger partial charge >= 0.3 is 12.0 Å². The van der Waals surface area contributed by atoms with Crippen LogP contribution in [0.15, 0.2) is 34.9 Å². The smallest absolute Gasteiger partial charge is 0.335 e. The quantitative estimate of drug-likeness (QED) is 0.785. The molecule has 2 aromatic rings. The van der Waals surface area contributed by atoms with Gasteiger partial charge < -0.3 is 15.7 Å². The molecular formula is C13H13BrN4O3. The van der Waals surface area contributed by atoms with E-state index in [1.807, 2.05) is 0 Å². The Hall–Kier alpha value is -2.35. The first kappa shape index (κ1) is 15.0. The number of carbonyl (C=O) groups excluding carboxylic acids is 1. The van der Waals surface area contributed by atoms with Gasteiger partial charge in [0.05, 0.1) is 23.5 Å². The summed E-state index contributed by atoms with van der Waals surface area (Å²) in [5.74, 6) is -1.06. The van der Waals surface area contributed by atoms with Crippen LogP contribution in [0.25, 0.3) is 0 Å². The number of urea groups is 1. The Balaban J connectivity index is 1.99. The topological polar surface area (TPSA) is 96.2 Å². The Bertz CT molecular complexity index is 684. The number of aryl methyl sites for hydroxylation is 1. The molecule has 2 amide bonds. The molecule has 0 saturated heterocycles. The predicted octanol–water partition coefficient (Wildman–Crippen LogP) is 2.20. The molecule has 7 nitrogen and oxygen atoms in total. The minimum atomic E-state index is -1.06. The lowest BCUT2D eigenvalue weighted by atomic mass is 10.2. The molecule has 1 aromatic carbocycles. The maximum Gasteiger partial charge on any atom is 0.335 e. The summed E-state index contributed by atoms with van der Waals surface area (Å²) in [5.41, 5.74) is 1.21. The summed E-state index contributed by atoms with van der Waals surface area (Å²) in [5, 5.41) is 18.3. The standard InChI is InChI=1S/C13H13BrN4O3/c1-18-5-4-9(17-18)7-15-13(21)16-11-6-8(12(19)20)2-3-10(11)14/h2-6H,7H2,1H3,(H,19,20)(H2,15,16,21). The van der Waals surface area contributed by atoms with Crippen molar-refractivity contribution in [3.63, 3.8) is 0 Å². The lowest BCUT2D eigenvalue weighted by Crippen LogP contribution is -2.28. The number of hydrogen-bond donors (Lipinski definition) is 3. The number of carboxylic acids is 1. The number of anilines is 1. The number of carboxylic acid groups (broad SMARTS) is 1. The van der Waals surface area contributed by atoms with Crippen LogP contribution in [0, 0.1) is 0 Å². The van der Waals surface area contributed by atoms with Gasteiger partial charge in [0.2, 0.25) is 0 Å². The van der Waals surface area contributed by atoms with Crippen molar-refractivity contribution in [1.82, 2.24) is 15.1 Å². The van der Waals surface area contributed by atoms with Crippen molar-refractivity contribution in [1.29, 1.82) is 0 Å². The fraction of sp³-hybridized carbons (Fsp3) is 0.154. The van der Waals surface area contributed by atoms with Crippen molar-refractivity contribution in [2.45, 2.75) is 6.54 Å². The number of hydrogen-bond acceptors (Lipinski definition) is 3. The third kappa shape index (κ3) is 4.06. The molecule has 110 valence electrons. The number of amides is 2. The van der Waals surface area contributed by atoms with E-state index in [-0.39, 0.29) is 12.1 Å². The van der Waals surface area contributed by atoms with E-state index in [1.165, 1.54) is 12.1 Å². The van der Waals surface area contributed by atoms with E-state index in [2.05, 4.69) is 31.7 Å². The summed E-state index contributed by atoms with van der Waals surface area (Å²) in [6.07, 6.45) is 1.78. The second-order valence-electron chi connectivity index (χ2n) is 4.29. The van der Waals surface area contributed by atoms with Crippen LogP contribution in [0.1, 0.15) is 16.1 Å². The molecule has 0 spiro atoms. The summed E-state index contributed by atoms with van der Waals surface area (Å²) < 4.78 is 2.24. The van der Waals surface area contributed by atoms with Crippen LogP contribution in [0.2, 0.25) is 0 Å². The van der Waals surface area contributed by atoms with Gasteiger partial charge in [-0.25, -0.2) is 9.59 Å². The summed E-state index contributed by atoms with van der Waals surface area (Å²) >= 11 is 3.26. The van der Waals surface area contributed by atoms with Crippen LogP contribution in [-0.2, 0) is 13.6 Å². The van der Waals surface area contributed by atoms with E-state index in [0.717, 1.165) is 5.69 Å². The van der Waals surface area contributed by atoms with Crippen LogP contribution in [0.4, 0.5) is 10.5 Å². The van der Waals surface area contributed by atoms with Gasteiger partial charge in [0.15, 0.2) is 0 Å². The molecular weight excluding hydrogens is 340 g/mol. The van der Waals surface area contributed by atoms with Crippen LogP contribution in [-0.4, -0.2) is 26.9 Å². The Morgan fingerprint density at radius 2 is 2.14 bits per heavy atom. The van der Waals surface area contributed by atoms with Crippen LogP contribution in [0.5, 0.6) is 0 Å². The van der Waals surface area contributed by atoms with Crippen molar-refractivity contribution >= 4 is 33.6 Å². The number of aromatic carboxylic acids is 1. The van der Waals surface area contributed by atoms with Crippen molar-refractivity contribution in [2.75, 3.05) is 5.32 Å². The van der Waals surface area contributed by atoms with Gasteiger partial charge in [0.25, 0.3) is 0 Å². The first-order valence-electron chi connectivity index (χ1n) is 6.02. The number of carbonyl (C=O) groups is 2. The van der Waals surface area contributed by atoms with Gasteiger partial charge in [-0.2, -0.15) is 5.10 Å². The molecule has 3 N–H and O–H groups in total. The predicted molar refractivity (Wildman–Crippen MR) is 80.2 cm³/mol. The Morgan fingerprint density at radius 1 is 1.38 bits per heavy atom. The minimum absolute atomic E-state index is 0.0956. The molecule has 0 radical (unpaired) electrons. The molecule has 1 aromatic heterocycles. The molecule has 21 heavy (non-hydrogen) atoms. The van der Waals surface area contributed by atoms with Crippen molar-refractivity contribution in [2.24, 2.45) is 7.05 Å². The molecule has 1 heterocycles. The third-order valence-corrected chi connectivity index (χ3v) is 3.35. The van der Waals surface area contributed by atoms with Gasteiger partial charge in [-0.1, -0.05) is 0 Å². The first-order valence-corrected chi connectivity index (χ1v) is 6.81. The zero-order valence-corrected chi connectivity index (χ0v) is 12.7. The average Bonchev–Trinajstić information content (AvgIpc) is 2.84. The molecule has 0 atom stereocenters. The fourth-order valence-corrected chi connectivity index (χ4v) is 1.99. The Labute approximate surface area is 129 Å². The molecule has 0 aliphatic heterocycles. The lowest BCUT2D eigenvalue weighted by Gasteiger charge is -2.09. The largest absolute Gasteiger partial charge is 0.478 e. The number of benzene rings is 1. The Morgan fingerprint density at radius 3 is 2.76 bits per heavy atom. The number of halogens is 1. The molecule has 0 unspecified atom stereocenters. The van der Waals surface area contributed by atoms with E-state index in [4.69, 9.17) is 5.11 Å². The highest BCUT2D eigenvalue weighted by Crippen LogP contribution is 2.23. The third-order valence-electron chi connectivity index (χ3n) is 2.66. The molecule has 0 fully saturated rings. The van der Waals surface area contributed by atoms with E-state index in [9.17, 15) is 9.59 Å². The summed E-state index contributed by atoms with van der Waals surface area (Å²) in [4.78, 5) is 22.7.